The van der Waals surface area contributed by atoms with Crippen LogP contribution in [-0.2, 0) is 13.6 Å². The summed E-state index contributed by atoms with van der Waals surface area (Å²) in [5, 5.41) is 11.9. The Kier molecular flexibility index (Phi) is 2.97. The summed E-state index contributed by atoms with van der Waals surface area (Å²) in [6, 6.07) is 7.24. The van der Waals surface area contributed by atoms with Gasteiger partial charge in [0.2, 0.25) is 0 Å². The van der Waals surface area contributed by atoms with Crippen LogP contribution >= 0.6 is 0 Å². The van der Waals surface area contributed by atoms with E-state index in [1.807, 2.05) is 23.9 Å². The first kappa shape index (κ1) is 11.0. The molecule has 5 heteroatoms. The maximum Gasteiger partial charge on any atom is 0.127 e. The Labute approximate surface area is 99.5 Å². The minimum atomic E-state index is 0.560. The first-order valence-corrected chi connectivity index (χ1v) is 5.20. The molecule has 2 rings (SSSR count). The first-order valence-electron chi connectivity index (χ1n) is 5.20. The molecule has 0 aliphatic carbocycles. The Morgan fingerprint density at radius 2 is 2.35 bits per heavy atom. The number of hydrogen-bond acceptors (Lipinski definition) is 4. The van der Waals surface area contributed by atoms with Crippen LogP contribution in [0, 0.1) is 11.3 Å². The van der Waals surface area contributed by atoms with Crippen LogP contribution in [-0.4, -0.2) is 9.55 Å². The van der Waals surface area contributed by atoms with Crippen molar-refractivity contribution in [3.05, 3.63) is 42.0 Å². The van der Waals surface area contributed by atoms with Gasteiger partial charge in [-0.1, -0.05) is 0 Å². The van der Waals surface area contributed by atoms with Crippen LogP contribution in [0.25, 0.3) is 0 Å². The highest BCUT2D eigenvalue weighted by atomic mass is 15.1. The molecule has 1 aromatic heterocycles. The van der Waals surface area contributed by atoms with Crippen molar-refractivity contribution < 1.29 is 0 Å². The summed E-state index contributed by atoms with van der Waals surface area (Å²) in [5.74, 6) is 0.925. The summed E-state index contributed by atoms with van der Waals surface area (Å²) in [6.45, 7) is 0.597. The average molecular weight is 227 g/mol. The highest BCUT2D eigenvalue weighted by Gasteiger charge is 2.02. The van der Waals surface area contributed by atoms with Crippen molar-refractivity contribution in [1.29, 1.82) is 5.26 Å². The number of imidazole rings is 1. The fraction of sp³-hybridized carbons (Fsp3) is 0.167. The molecule has 86 valence electrons. The lowest BCUT2D eigenvalue weighted by molar-refractivity contribution is 0.813. The van der Waals surface area contributed by atoms with E-state index in [4.69, 9.17) is 11.0 Å². The van der Waals surface area contributed by atoms with Gasteiger partial charge >= 0.3 is 0 Å². The van der Waals surface area contributed by atoms with Crippen LogP contribution in [0.1, 0.15) is 11.4 Å². The summed E-state index contributed by atoms with van der Waals surface area (Å²) in [4.78, 5) is 4.20. The summed E-state index contributed by atoms with van der Waals surface area (Å²) in [7, 11) is 1.94. The number of rotatable bonds is 3. The normalized spacial score (nSPS) is 9.88. The van der Waals surface area contributed by atoms with Crippen molar-refractivity contribution in [2.24, 2.45) is 7.05 Å². The molecule has 0 saturated heterocycles. The third kappa shape index (κ3) is 2.37. The van der Waals surface area contributed by atoms with Crippen molar-refractivity contribution >= 4 is 11.4 Å². The third-order valence-corrected chi connectivity index (χ3v) is 2.54. The van der Waals surface area contributed by atoms with Crippen molar-refractivity contribution in [2.45, 2.75) is 6.54 Å². The topological polar surface area (TPSA) is 79.7 Å². The lowest BCUT2D eigenvalue weighted by Gasteiger charge is -2.09. The van der Waals surface area contributed by atoms with Crippen LogP contribution in [0.3, 0.4) is 0 Å². The van der Waals surface area contributed by atoms with Gasteiger partial charge in [0.15, 0.2) is 0 Å². The number of nitriles is 1. The second-order valence-electron chi connectivity index (χ2n) is 3.72. The molecular weight excluding hydrogens is 214 g/mol. The smallest absolute Gasteiger partial charge is 0.127 e. The molecule has 0 fully saturated rings. The van der Waals surface area contributed by atoms with Gasteiger partial charge in [-0.2, -0.15) is 5.26 Å². The minimum Gasteiger partial charge on any atom is -0.397 e. The van der Waals surface area contributed by atoms with E-state index in [9.17, 15) is 0 Å². The zero-order chi connectivity index (χ0) is 12.3. The number of nitrogens with one attached hydrogen (secondary N) is 1. The lowest BCUT2D eigenvalue weighted by Crippen LogP contribution is -2.07. The fourth-order valence-corrected chi connectivity index (χ4v) is 1.53. The molecule has 17 heavy (non-hydrogen) atoms. The zero-order valence-electron chi connectivity index (χ0n) is 9.51. The molecule has 0 amide bonds. The van der Waals surface area contributed by atoms with Gasteiger partial charge in [-0.15, -0.1) is 0 Å². The number of benzene rings is 1. The van der Waals surface area contributed by atoms with Gasteiger partial charge in [0.1, 0.15) is 5.82 Å². The molecule has 2 aromatic rings. The maximum absolute atomic E-state index is 8.73. The first-order chi connectivity index (χ1) is 8.20. The van der Waals surface area contributed by atoms with E-state index < -0.39 is 0 Å². The number of nitrogens with zero attached hydrogens (tertiary/aromatic N) is 3. The van der Waals surface area contributed by atoms with Crippen LogP contribution in [0.15, 0.2) is 30.6 Å². The third-order valence-electron chi connectivity index (χ3n) is 2.54. The monoisotopic (exact) mass is 227 g/mol. The van der Waals surface area contributed by atoms with Crippen LogP contribution < -0.4 is 11.1 Å². The van der Waals surface area contributed by atoms with Gasteiger partial charge in [0.05, 0.1) is 29.6 Å². The molecule has 0 saturated carbocycles. The number of anilines is 2. The summed E-state index contributed by atoms with van der Waals surface area (Å²) in [5.41, 5.74) is 7.77. The van der Waals surface area contributed by atoms with E-state index in [-0.39, 0.29) is 0 Å². The molecular formula is C12H13N5. The molecule has 0 radical (unpaired) electrons. The van der Waals surface area contributed by atoms with Gasteiger partial charge < -0.3 is 15.6 Å². The van der Waals surface area contributed by atoms with Crippen molar-refractivity contribution in [1.82, 2.24) is 9.55 Å². The van der Waals surface area contributed by atoms with Gasteiger partial charge in [-0.25, -0.2) is 4.98 Å². The SMILES string of the molecule is Cn1ccnc1CNc1ccc(C#N)cc1N. The molecule has 0 aliphatic rings. The molecule has 0 aliphatic heterocycles. The maximum atomic E-state index is 8.73. The molecule has 5 nitrogen and oxygen atoms in total. The van der Waals surface area contributed by atoms with Crippen molar-refractivity contribution in [3.63, 3.8) is 0 Å². The number of nitrogens with two attached hydrogens (primary N) is 1. The van der Waals surface area contributed by atoms with E-state index in [2.05, 4.69) is 10.3 Å². The largest absolute Gasteiger partial charge is 0.397 e. The minimum absolute atomic E-state index is 0.560. The predicted molar refractivity (Wildman–Crippen MR) is 66.1 cm³/mol. The molecule has 0 unspecified atom stereocenters. The Hall–Kier alpha value is -2.48. The second-order valence-corrected chi connectivity index (χ2v) is 3.72. The molecule has 1 aromatic carbocycles. The predicted octanol–water partition coefficient (Wildman–Crippen LogP) is 1.49. The number of nitrogen functional groups attached to an aromatic ring is 1. The van der Waals surface area contributed by atoms with E-state index in [1.165, 1.54) is 0 Å². The molecule has 0 spiro atoms. The van der Waals surface area contributed by atoms with E-state index >= 15 is 0 Å². The number of aryl methyl sites for hydroxylation is 1. The van der Waals surface area contributed by atoms with Crippen LogP contribution in [0.2, 0.25) is 0 Å². The van der Waals surface area contributed by atoms with E-state index in [1.54, 1.807) is 24.4 Å². The van der Waals surface area contributed by atoms with E-state index in [0.29, 0.717) is 17.8 Å². The summed E-state index contributed by atoms with van der Waals surface area (Å²) in [6.07, 6.45) is 3.64. The van der Waals surface area contributed by atoms with Gasteiger partial charge in [-0.05, 0) is 18.2 Å². The van der Waals surface area contributed by atoms with Gasteiger partial charge in [0.25, 0.3) is 0 Å². The van der Waals surface area contributed by atoms with Crippen molar-refractivity contribution in [3.8, 4) is 6.07 Å². The Balaban J connectivity index is 2.10. The summed E-state index contributed by atoms with van der Waals surface area (Å²) < 4.78 is 1.94. The van der Waals surface area contributed by atoms with Crippen molar-refractivity contribution in [2.75, 3.05) is 11.1 Å². The molecule has 0 atom stereocenters. The second kappa shape index (κ2) is 4.58. The van der Waals surface area contributed by atoms with Gasteiger partial charge in [-0.3, -0.25) is 0 Å². The van der Waals surface area contributed by atoms with Gasteiger partial charge in [0, 0.05) is 19.4 Å². The Bertz CT molecular complexity index is 565. The molecule has 1 heterocycles. The zero-order valence-corrected chi connectivity index (χ0v) is 9.51. The highest BCUT2D eigenvalue weighted by Crippen LogP contribution is 2.19. The quantitative estimate of drug-likeness (QED) is 0.778. The summed E-state index contributed by atoms with van der Waals surface area (Å²) >= 11 is 0. The van der Waals surface area contributed by atoms with Crippen LogP contribution in [0.5, 0.6) is 0 Å². The average Bonchev–Trinajstić information content (AvgIpc) is 2.73. The highest BCUT2D eigenvalue weighted by molar-refractivity contribution is 5.68. The number of hydrogen-bond donors (Lipinski definition) is 2. The Morgan fingerprint density at radius 3 is 2.94 bits per heavy atom. The van der Waals surface area contributed by atoms with Crippen LogP contribution in [0.4, 0.5) is 11.4 Å². The number of aromatic nitrogens is 2. The lowest BCUT2D eigenvalue weighted by atomic mass is 10.2. The molecule has 0 bridgehead atoms. The fourth-order valence-electron chi connectivity index (χ4n) is 1.53. The van der Waals surface area contributed by atoms with E-state index in [0.717, 1.165) is 11.5 Å². The Morgan fingerprint density at radius 1 is 1.53 bits per heavy atom. The standard InChI is InChI=1S/C12H13N5/c1-17-5-4-15-12(17)8-16-11-3-2-9(7-13)6-10(11)14/h2-6,16H,8,14H2,1H3. The molecule has 3 N–H and O–H groups in total.